The molecule has 9 heavy (non-hydrogen) atoms. The van der Waals surface area contributed by atoms with E-state index in [1.807, 2.05) is 0 Å². The molecule has 3 nitrogen and oxygen atoms in total. The van der Waals surface area contributed by atoms with Gasteiger partial charge in [-0.15, -0.1) is 0 Å². The maximum absolute atomic E-state index is 4.75. The summed E-state index contributed by atoms with van der Waals surface area (Å²) >= 11 is -1.73. The van der Waals surface area contributed by atoms with E-state index in [-0.39, 0.29) is 24.8 Å². The number of rotatable bonds is 3. The second-order valence-electron chi connectivity index (χ2n) is 0.771. The van der Waals surface area contributed by atoms with Gasteiger partial charge in [-0.1, -0.05) is 0 Å². The van der Waals surface area contributed by atoms with Gasteiger partial charge in [0.1, 0.15) is 0 Å². The predicted octanol–water partition coefficient (Wildman–Crippen LogP) is -5.70. The minimum absolute atomic E-state index is 0. The Hall–Kier alpha value is 1.04. The van der Waals surface area contributed by atoms with E-state index in [2.05, 4.69) is 0 Å². The summed E-state index contributed by atoms with van der Waals surface area (Å²) in [6, 6.07) is 0. The Morgan fingerprint density at radius 1 is 0.778 bits per heavy atom. The first kappa shape index (κ1) is 16.6. The van der Waals surface area contributed by atoms with E-state index in [0.29, 0.717) is 0 Å². The molecule has 0 aliphatic heterocycles. The van der Waals surface area contributed by atoms with Crippen LogP contribution in [0, 0.1) is 0 Å². The van der Waals surface area contributed by atoms with Crippen molar-refractivity contribution in [3.05, 3.63) is 0 Å². The molecule has 0 aliphatic carbocycles. The number of hydrogen-bond acceptors (Lipinski definition) is 3. The van der Waals surface area contributed by atoms with E-state index in [1.54, 1.807) is 21.3 Å². The van der Waals surface area contributed by atoms with Crippen LogP contribution in [0.1, 0.15) is 0 Å². The Bertz CT molecular complexity index is 38.5. The molecule has 0 rings (SSSR count). The van der Waals surface area contributed by atoms with E-state index in [1.165, 1.54) is 0 Å². The topological polar surface area (TPSA) is 27.7 Å². The maximum Gasteiger partial charge on any atom is -1.00 e. The van der Waals surface area contributed by atoms with Gasteiger partial charge in [-0.05, 0) is 0 Å². The average Bonchev–Trinajstić information content (AvgIpc) is 1.72. The van der Waals surface area contributed by atoms with Crippen molar-refractivity contribution in [2.75, 3.05) is 21.3 Å². The summed E-state index contributed by atoms with van der Waals surface area (Å²) in [5, 5.41) is 0. The van der Waals surface area contributed by atoms with Crippen molar-refractivity contribution in [1.29, 1.82) is 0 Å². The monoisotopic (exact) mass is 214 g/mol. The molecule has 6 heteroatoms. The standard InChI is InChI=1S/3CH3O.2ClH.V/c3*1-2;;;/h3*1H3;2*1H;/q3*-1;;;+5/p-2. The van der Waals surface area contributed by atoms with Crippen molar-refractivity contribution in [1.82, 2.24) is 0 Å². The zero-order valence-electron chi connectivity index (χ0n) is 5.43. The van der Waals surface area contributed by atoms with Crippen LogP contribution >= 0.6 is 0 Å². The van der Waals surface area contributed by atoms with Gasteiger partial charge in [-0.25, -0.2) is 0 Å². The maximum atomic E-state index is 4.75. The molecule has 0 aliphatic rings. The summed E-state index contributed by atoms with van der Waals surface area (Å²) < 4.78 is 14.2. The summed E-state index contributed by atoms with van der Waals surface area (Å²) in [5.74, 6) is 0. The molecule has 0 radical (unpaired) electrons. The molecule has 0 aromatic rings. The van der Waals surface area contributed by atoms with Crippen molar-refractivity contribution in [2.45, 2.75) is 0 Å². The smallest absolute Gasteiger partial charge is 1.00 e. The summed E-state index contributed by atoms with van der Waals surface area (Å²) in [4.78, 5) is 0. The fourth-order valence-electron chi connectivity index (χ4n) is 0.224. The fraction of sp³-hybridized carbons (Fsp3) is 1.00. The van der Waals surface area contributed by atoms with Gasteiger partial charge in [0.05, 0.1) is 0 Å². The van der Waals surface area contributed by atoms with E-state index >= 15 is 0 Å². The first-order chi connectivity index (χ1) is 3.35. The fourth-order valence-corrected chi connectivity index (χ4v) is 0.922. The largest absolute Gasteiger partial charge is 1.00 e. The minimum Gasteiger partial charge on any atom is -1.00 e. The van der Waals surface area contributed by atoms with Gasteiger partial charge in [0.2, 0.25) is 0 Å². The van der Waals surface area contributed by atoms with Gasteiger partial charge in [0, 0.05) is 0 Å². The Morgan fingerprint density at radius 3 is 1.00 bits per heavy atom. The molecule has 0 amide bonds. The quantitative estimate of drug-likeness (QED) is 0.469. The summed E-state index contributed by atoms with van der Waals surface area (Å²) in [7, 11) is 4.73. The van der Waals surface area contributed by atoms with Gasteiger partial charge in [-0.3, -0.25) is 0 Å². The number of hydrogen-bond donors (Lipinski definition) is 0. The van der Waals surface area contributed by atoms with E-state index < -0.39 is 16.2 Å². The van der Waals surface area contributed by atoms with Crippen molar-refractivity contribution in [3.63, 3.8) is 0 Å². The van der Waals surface area contributed by atoms with E-state index in [4.69, 9.17) is 11.0 Å². The van der Waals surface area contributed by atoms with Crippen LogP contribution in [0.5, 0.6) is 0 Å². The van der Waals surface area contributed by atoms with Crippen molar-refractivity contribution in [3.8, 4) is 0 Å². The Balaban J connectivity index is -0.000000180. The SMILES string of the molecule is C[O][V+2]([O]C)[O]C.[Cl-].[Cl-]. The second kappa shape index (κ2) is 11.8. The molecule has 0 fully saturated rings. The van der Waals surface area contributed by atoms with Gasteiger partial charge in [0.15, 0.2) is 0 Å². The summed E-state index contributed by atoms with van der Waals surface area (Å²) in [5.41, 5.74) is 0. The Kier molecular flexibility index (Phi) is 21.7. The van der Waals surface area contributed by atoms with E-state index in [0.717, 1.165) is 0 Å². The normalized spacial score (nSPS) is 7.00. The van der Waals surface area contributed by atoms with Crippen molar-refractivity contribution < 1.29 is 52.0 Å². The molecule has 0 aromatic heterocycles. The third-order valence-corrected chi connectivity index (χ3v) is 1.84. The molecule has 0 N–H and O–H groups in total. The van der Waals surface area contributed by atoms with Crippen LogP contribution in [0.25, 0.3) is 0 Å². The molecule has 0 spiro atoms. The molecule has 0 saturated carbocycles. The molecule has 0 unspecified atom stereocenters. The van der Waals surface area contributed by atoms with Crippen LogP contribution in [0.2, 0.25) is 0 Å². The molecule has 0 atom stereocenters. The zero-order valence-corrected chi connectivity index (χ0v) is 8.34. The van der Waals surface area contributed by atoms with Crippen molar-refractivity contribution >= 4 is 0 Å². The average molecular weight is 215 g/mol. The Morgan fingerprint density at radius 2 is 1.00 bits per heavy atom. The van der Waals surface area contributed by atoms with Gasteiger partial charge in [-0.2, -0.15) is 0 Å². The first-order valence-electron chi connectivity index (χ1n) is 1.77. The van der Waals surface area contributed by atoms with Gasteiger partial charge in [0.25, 0.3) is 0 Å². The second-order valence-corrected chi connectivity index (χ2v) is 3.18. The number of halogens is 2. The third kappa shape index (κ3) is 9.04. The van der Waals surface area contributed by atoms with Gasteiger partial charge >= 0.3 is 48.5 Å². The van der Waals surface area contributed by atoms with Gasteiger partial charge < -0.3 is 24.8 Å². The molecule has 0 bridgehead atoms. The summed E-state index contributed by atoms with van der Waals surface area (Å²) in [6.45, 7) is 0. The molecule has 0 heterocycles. The van der Waals surface area contributed by atoms with E-state index in [9.17, 15) is 0 Å². The van der Waals surface area contributed by atoms with Crippen LogP contribution in [0.4, 0.5) is 0 Å². The molecule has 58 valence electrons. The zero-order chi connectivity index (χ0) is 5.70. The van der Waals surface area contributed by atoms with Crippen LogP contribution in [0.15, 0.2) is 0 Å². The molecular formula is C3H9Cl2O3V. The third-order valence-electron chi connectivity index (χ3n) is 0.447. The van der Waals surface area contributed by atoms with Crippen LogP contribution in [0.3, 0.4) is 0 Å². The van der Waals surface area contributed by atoms with Crippen LogP contribution in [-0.2, 0) is 27.2 Å². The first-order valence-corrected chi connectivity index (χ1v) is 3.48. The Labute approximate surface area is 73.5 Å². The van der Waals surface area contributed by atoms with Crippen molar-refractivity contribution in [2.24, 2.45) is 0 Å². The minimum atomic E-state index is -1.73. The van der Waals surface area contributed by atoms with Crippen LogP contribution < -0.4 is 24.8 Å². The molecular weight excluding hydrogens is 206 g/mol. The predicted molar refractivity (Wildman–Crippen MR) is 21.0 cm³/mol. The molecule has 0 saturated heterocycles. The van der Waals surface area contributed by atoms with Crippen LogP contribution in [-0.4, -0.2) is 21.3 Å². The summed E-state index contributed by atoms with van der Waals surface area (Å²) in [6.07, 6.45) is 0. The molecule has 0 aromatic carbocycles.